The summed E-state index contributed by atoms with van der Waals surface area (Å²) in [5.41, 5.74) is -1.16. The predicted octanol–water partition coefficient (Wildman–Crippen LogP) is 2.88. The summed E-state index contributed by atoms with van der Waals surface area (Å²) in [5.74, 6) is -2.08. The van der Waals surface area contributed by atoms with E-state index in [9.17, 15) is 14.0 Å². The lowest BCUT2D eigenvalue weighted by atomic mass is 10.2. The Kier molecular flexibility index (Phi) is 3.38. The van der Waals surface area contributed by atoms with E-state index in [2.05, 4.69) is 5.10 Å². The summed E-state index contributed by atoms with van der Waals surface area (Å²) in [5, 5.41) is 13.2. The number of para-hydroxylation sites is 1. The van der Waals surface area contributed by atoms with Crippen LogP contribution >= 0.6 is 11.6 Å². The quantitative estimate of drug-likeness (QED) is 0.788. The van der Waals surface area contributed by atoms with Gasteiger partial charge in [0.2, 0.25) is 11.1 Å². The number of benzene rings is 2. The molecule has 0 fully saturated rings. The van der Waals surface area contributed by atoms with Crippen LogP contribution in [0.15, 0.2) is 47.3 Å². The molecule has 0 bridgehead atoms. The van der Waals surface area contributed by atoms with Crippen LogP contribution in [0, 0.1) is 5.82 Å². The maximum Gasteiger partial charge on any atom is 0.360 e. The monoisotopic (exact) mass is 318 g/mol. The number of hydrogen-bond acceptors (Lipinski definition) is 3. The van der Waals surface area contributed by atoms with Crippen molar-refractivity contribution in [3.05, 3.63) is 69.2 Å². The van der Waals surface area contributed by atoms with Crippen molar-refractivity contribution < 1.29 is 14.3 Å². The van der Waals surface area contributed by atoms with Gasteiger partial charge in [-0.15, -0.1) is 0 Å². The SMILES string of the molecule is O=C(O)c1nn(-c2ccccc2F)c2ccc(Cl)cc2c1=O. The lowest BCUT2D eigenvalue weighted by Gasteiger charge is -2.11. The Bertz CT molecular complexity index is 969. The van der Waals surface area contributed by atoms with Gasteiger partial charge in [-0.3, -0.25) is 4.79 Å². The molecule has 110 valence electrons. The average Bonchev–Trinajstić information content (AvgIpc) is 2.48. The van der Waals surface area contributed by atoms with Gasteiger partial charge in [-0.1, -0.05) is 23.7 Å². The Balaban J connectivity index is 2.49. The topological polar surface area (TPSA) is 72.2 Å². The molecule has 0 aliphatic heterocycles. The minimum absolute atomic E-state index is 0.0392. The molecule has 1 heterocycles. The molecule has 0 spiro atoms. The zero-order chi connectivity index (χ0) is 15.9. The van der Waals surface area contributed by atoms with Crippen molar-refractivity contribution in [2.24, 2.45) is 0 Å². The van der Waals surface area contributed by atoms with E-state index in [0.717, 1.165) is 4.68 Å². The molecule has 0 amide bonds. The number of nitrogens with zero attached hydrogens (tertiary/aromatic N) is 2. The van der Waals surface area contributed by atoms with Gasteiger partial charge in [-0.05, 0) is 30.3 Å². The van der Waals surface area contributed by atoms with Crippen LogP contribution in [0.4, 0.5) is 4.39 Å². The number of carboxylic acids is 1. The second-order valence-corrected chi connectivity index (χ2v) is 4.94. The molecule has 0 aliphatic carbocycles. The lowest BCUT2D eigenvalue weighted by Crippen LogP contribution is -2.22. The summed E-state index contributed by atoms with van der Waals surface area (Å²) in [6.07, 6.45) is 0. The van der Waals surface area contributed by atoms with Crippen molar-refractivity contribution in [1.82, 2.24) is 9.78 Å². The van der Waals surface area contributed by atoms with Crippen LogP contribution in [-0.4, -0.2) is 20.9 Å². The summed E-state index contributed by atoms with van der Waals surface area (Å²) in [7, 11) is 0. The number of fused-ring (bicyclic) bond motifs is 1. The number of carbonyl (C=O) groups is 1. The second-order valence-electron chi connectivity index (χ2n) is 4.51. The highest BCUT2D eigenvalue weighted by atomic mass is 35.5. The third-order valence-corrected chi connectivity index (χ3v) is 3.36. The third kappa shape index (κ3) is 2.23. The summed E-state index contributed by atoms with van der Waals surface area (Å²) >= 11 is 5.86. The summed E-state index contributed by atoms with van der Waals surface area (Å²) in [6, 6.07) is 10.1. The zero-order valence-corrected chi connectivity index (χ0v) is 11.7. The summed E-state index contributed by atoms with van der Waals surface area (Å²) < 4.78 is 15.1. The van der Waals surface area contributed by atoms with Crippen molar-refractivity contribution in [1.29, 1.82) is 0 Å². The van der Waals surface area contributed by atoms with Crippen LogP contribution in [0.5, 0.6) is 0 Å². The van der Waals surface area contributed by atoms with E-state index in [1.165, 1.54) is 36.4 Å². The molecule has 0 saturated heterocycles. The standard InChI is InChI=1S/C15H8ClFN2O3/c16-8-5-6-11-9(7-8)14(20)13(15(21)22)18-19(11)12-4-2-1-3-10(12)17/h1-7H,(H,21,22). The van der Waals surface area contributed by atoms with Gasteiger partial charge in [0.25, 0.3) is 0 Å². The third-order valence-electron chi connectivity index (χ3n) is 3.13. The van der Waals surface area contributed by atoms with Crippen LogP contribution in [0.3, 0.4) is 0 Å². The van der Waals surface area contributed by atoms with Gasteiger partial charge in [0.05, 0.1) is 10.9 Å². The molecular formula is C15H8ClFN2O3. The minimum atomic E-state index is -1.49. The average molecular weight is 319 g/mol. The highest BCUT2D eigenvalue weighted by Crippen LogP contribution is 2.21. The zero-order valence-electron chi connectivity index (χ0n) is 11.0. The first-order valence-electron chi connectivity index (χ1n) is 6.20. The van der Waals surface area contributed by atoms with Crippen molar-refractivity contribution >= 4 is 28.5 Å². The molecule has 1 N–H and O–H groups in total. The molecular weight excluding hydrogens is 311 g/mol. The maximum absolute atomic E-state index is 14.0. The Morgan fingerprint density at radius 1 is 1.23 bits per heavy atom. The molecule has 0 saturated carbocycles. The number of carboxylic acid groups (broad SMARTS) is 1. The fourth-order valence-corrected chi connectivity index (χ4v) is 2.32. The van der Waals surface area contributed by atoms with Gasteiger partial charge in [-0.25, -0.2) is 13.9 Å². The van der Waals surface area contributed by atoms with Crippen molar-refractivity contribution in [2.75, 3.05) is 0 Å². The van der Waals surface area contributed by atoms with Crippen molar-refractivity contribution in [3.63, 3.8) is 0 Å². The molecule has 5 nitrogen and oxygen atoms in total. The second kappa shape index (κ2) is 5.23. The van der Waals surface area contributed by atoms with E-state index >= 15 is 0 Å². The normalized spacial score (nSPS) is 10.8. The van der Waals surface area contributed by atoms with Crippen LogP contribution in [0.25, 0.3) is 16.6 Å². The highest BCUT2D eigenvalue weighted by Gasteiger charge is 2.18. The predicted molar refractivity (Wildman–Crippen MR) is 79.3 cm³/mol. The molecule has 3 rings (SSSR count). The molecule has 0 aliphatic rings. The van der Waals surface area contributed by atoms with Gasteiger partial charge < -0.3 is 5.11 Å². The van der Waals surface area contributed by atoms with E-state index in [0.29, 0.717) is 0 Å². The number of aromatic carboxylic acids is 1. The minimum Gasteiger partial charge on any atom is -0.476 e. The molecule has 3 aromatic rings. The van der Waals surface area contributed by atoms with Crippen LogP contribution in [-0.2, 0) is 0 Å². The Hall–Kier alpha value is -2.73. The number of rotatable bonds is 2. The fraction of sp³-hybridized carbons (Fsp3) is 0. The molecule has 0 unspecified atom stereocenters. The van der Waals surface area contributed by atoms with E-state index in [-0.39, 0.29) is 21.6 Å². The molecule has 2 aromatic carbocycles. The molecule has 22 heavy (non-hydrogen) atoms. The smallest absolute Gasteiger partial charge is 0.360 e. The first-order valence-corrected chi connectivity index (χ1v) is 6.57. The van der Waals surface area contributed by atoms with E-state index in [1.807, 2.05) is 0 Å². The number of hydrogen-bond donors (Lipinski definition) is 1. The molecule has 7 heteroatoms. The molecule has 0 atom stereocenters. The Morgan fingerprint density at radius 2 is 1.95 bits per heavy atom. The van der Waals surface area contributed by atoms with E-state index < -0.39 is 22.9 Å². The Labute approximate surface area is 128 Å². The Morgan fingerprint density at radius 3 is 2.64 bits per heavy atom. The van der Waals surface area contributed by atoms with Crippen molar-refractivity contribution in [2.45, 2.75) is 0 Å². The van der Waals surface area contributed by atoms with Gasteiger partial charge in [0, 0.05) is 5.02 Å². The van der Waals surface area contributed by atoms with Crippen LogP contribution < -0.4 is 5.43 Å². The largest absolute Gasteiger partial charge is 0.476 e. The maximum atomic E-state index is 14.0. The van der Waals surface area contributed by atoms with Crippen LogP contribution in [0.2, 0.25) is 5.02 Å². The number of halogens is 2. The number of aromatic nitrogens is 2. The fourth-order valence-electron chi connectivity index (χ4n) is 2.15. The van der Waals surface area contributed by atoms with Gasteiger partial charge in [0.15, 0.2) is 0 Å². The van der Waals surface area contributed by atoms with Crippen LogP contribution in [0.1, 0.15) is 10.5 Å². The molecule has 1 aromatic heterocycles. The first kappa shape index (κ1) is 14.2. The van der Waals surface area contributed by atoms with Gasteiger partial charge in [0.1, 0.15) is 11.5 Å². The van der Waals surface area contributed by atoms with E-state index in [4.69, 9.17) is 16.7 Å². The highest BCUT2D eigenvalue weighted by molar-refractivity contribution is 6.31. The summed E-state index contributed by atoms with van der Waals surface area (Å²) in [4.78, 5) is 23.4. The summed E-state index contributed by atoms with van der Waals surface area (Å²) in [6.45, 7) is 0. The first-order chi connectivity index (χ1) is 10.5. The van der Waals surface area contributed by atoms with Gasteiger partial charge in [-0.2, -0.15) is 5.10 Å². The van der Waals surface area contributed by atoms with Crippen molar-refractivity contribution in [3.8, 4) is 5.69 Å². The lowest BCUT2D eigenvalue weighted by molar-refractivity contribution is 0.0687. The van der Waals surface area contributed by atoms with E-state index in [1.54, 1.807) is 6.07 Å². The van der Waals surface area contributed by atoms with Gasteiger partial charge >= 0.3 is 5.97 Å². The molecule has 0 radical (unpaired) electrons.